The molecule has 1 N–H and O–H groups in total. The lowest BCUT2D eigenvalue weighted by Crippen LogP contribution is -2.39. The van der Waals surface area contributed by atoms with E-state index in [0.717, 1.165) is 24.5 Å². The largest absolute Gasteiger partial charge is 0.376 e. The SMILES string of the molecule is CC(NC1CCOC1C1CC1)c1ccccc1F. The molecule has 0 aromatic heterocycles. The van der Waals surface area contributed by atoms with E-state index in [1.807, 2.05) is 19.1 Å². The highest BCUT2D eigenvalue weighted by Crippen LogP contribution is 2.39. The number of ether oxygens (including phenoxy) is 1. The Morgan fingerprint density at radius 3 is 2.78 bits per heavy atom. The Hall–Kier alpha value is -0.930. The van der Waals surface area contributed by atoms with Crippen molar-refractivity contribution in [2.75, 3.05) is 6.61 Å². The Morgan fingerprint density at radius 1 is 1.28 bits per heavy atom. The minimum Gasteiger partial charge on any atom is -0.376 e. The van der Waals surface area contributed by atoms with Gasteiger partial charge in [0.05, 0.1) is 6.10 Å². The van der Waals surface area contributed by atoms with Crippen molar-refractivity contribution in [2.24, 2.45) is 5.92 Å². The van der Waals surface area contributed by atoms with Gasteiger partial charge in [-0.25, -0.2) is 4.39 Å². The van der Waals surface area contributed by atoms with Crippen molar-refractivity contribution in [1.29, 1.82) is 0 Å². The Labute approximate surface area is 108 Å². The van der Waals surface area contributed by atoms with Gasteiger partial charge in [0.2, 0.25) is 0 Å². The zero-order chi connectivity index (χ0) is 12.5. The molecule has 1 aromatic carbocycles. The Kier molecular flexibility index (Phi) is 3.35. The normalized spacial score (nSPS) is 29.4. The maximum atomic E-state index is 13.7. The first kappa shape index (κ1) is 12.1. The molecule has 1 saturated carbocycles. The van der Waals surface area contributed by atoms with Gasteiger partial charge in [0, 0.05) is 24.3 Å². The molecule has 1 heterocycles. The Morgan fingerprint density at radius 2 is 2.06 bits per heavy atom. The summed E-state index contributed by atoms with van der Waals surface area (Å²) < 4.78 is 19.5. The fourth-order valence-electron chi connectivity index (χ4n) is 2.92. The van der Waals surface area contributed by atoms with Crippen molar-refractivity contribution in [3.63, 3.8) is 0 Å². The van der Waals surface area contributed by atoms with E-state index in [9.17, 15) is 4.39 Å². The van der Waals surface area contributed by atoms with E-state index in [-0.39, 0.29) is 11.9 Å². The first-order valence-corrected chi connectivity index (χ1v) is 6.88. The Balaban J connectivity index is 1.66. The van der Waals surface area contributed by atoms with Crippen LogP contribution in [0.1, 0.15) is 37.8 Å². The summed E-state index contributed by atoms with van der Waals surface area (Å²) in [6, 6.07) is 7.43. The van der Waals surface area contributed by atoms with Crippen molar-refractivity contribution in [3.8, 4) is 0 Å². The van der Waals surface area contributed by atoms with Gasteiger partial charge in [0.25, 0.3) is 0 Å². The lowest BCUT2D eigenvalue weighted by molar-refractivity contribution is 0.0792. The second kappa shape index (κ2) is 4.98. The van der Waals surface area contributed by atoms with Crippen LogP contribution in [0.25, 0.3) is 0 Å². The summed E-state index contributed by atoms with van der Waals surface area (Å²) in [6.45, 7) is 2.86. The van der Waals surface area contributed by atoms with Crippen LogP contribution < -0.4 is 5.32 Å². The monoisotopic (exact) mass is 249 g/mol. The van der Waals surface area contributed by atoms with Crippen LogP contribution >= 0.6 is 0 Å². The van der Waals surface area contributed by atoms with Gasteiger partial charge in [0.1, 0.15) is 5.82 Å². The van der Waals surface area contributed by atoms with Crippen LogP contribution in [0.3, 0.4) is 0 Å². The van der Waals surface area contributed by atoms with E-state index >= 15 is 0 Å². The van der Waals surface area contributed by atoms with E-state index in [2.05, 4.69) is 5.32 Å². The molecule has 2 nitrogen and oxygen atoms in total. The number of hydrogen-bond donors (Lipinski definition) is 1. The molecule has 3 heteroatoms. The molecule has 1 aliphatic carbocycles. The number of benzene rings is 1. The highest BCUT2D eigenvalue weighted by molar-refractivity contribution is 5.20. The lowest BCUT2D eigenvalue weighted by Gasteiger charge is -2.24. The van der Waals surface area contributed by atoms with Crippen LogP contribution in [0.15, 0.2) is 24.3 Å². The fraction of sp³-hybridized carbons (Fsp3) is 0.600. The number of hydrogen-bond acceptors (Lipinski definition) is 2. The minimum atomic E-state index is -0.126. The molecule has 3 atom stereocenters. The zero-order valence-electron chi connectivity index (χ0n) is 10.7. The van der Waals surface area contributed by atoms with Gasteiger partial charge < -0.3 is 10.1 Å². The van der Waals surface area contributed by atoms with Gasteiger partial charge in [-0.2, -0.15) is 0 Å². The van der Waals surface area contributed by atoms with Crippen molar-refractivity contribution < 1.29 is 9.13 Å². The van der Waals surface area contributed by atoms with Crippen molar-refractivity contribution in [2.45, 2.75) is 44.4 Å². The third-order valence-electron chi connectivity index (χ3n) is 4.06. The smallest absolute Gasteiger partial charge is 0.127 e. The maximum Gasteiger partial charge on any atom is 0.127 e. The van der Waals surface area contributed by atoms with E-state index in [1.54, 1.807) is 6.07 Å². The lowest BCUT2D eigenvalue weighted by atomic mass is 10.0. The highest BCUT2D eigenvalue weighted by atomic mass is 19.1. The molecule has 18 heavy (non-hydrogen) atoms. The zero-order valence-corrected chi connectivity index (χ0v) is 10.7. The van der Waals surface area contributed by atoms with Crippen molar-refractivity contribution in [3.05, 3.63) is 35.6 Å². The maximum absolute atomic E-state index is 13.7. The van der Waals surface area contributed by atoms with Crippen LogP contribution in [0.2, 0.25) is 0 Å². The van der Waals surface area contributed by atoms with Crippen LogP contribution in [-0.4, -0.2) is 18.8 Å². The summed E-state index contributed by atoms with van der Waals surface area (Å²) >= 11 is 0. The number of halogens is 1. The predicted molar refractivity (Wildman–Crippen MR) is 68.8 cm³/mol. The topological polar surface area (TPSA) is 21.3 Å². The van der Waals surface area contributed by atoms with Crippen LogP contribution in [0.4, 0.5) is 4.39 Å². The van der Waals surface area contributed by atoms with Crippen LogP contribution in [0.5, 0.6) is 0 Å². The van der Waals surface area contributed by atoms with E-state index in [0.29, 0.717) is 12.1 Å². The summed E-state index contributed by atoms with van der Waals surface area (Å²) in [5, 5.41) is 3.54. The van der Waals surface area contributed by atoms with Gasteiger partial charge in [-0.3, -0.25) is 0 Å². The summed E-state index contributed by atoms with van der Waals surface area (Å²) in [5.41, 5.74) is 0.749. The first-order valence-electron chi connectivity index (χ1n) is 6.88. The first-order chi connectivity index (χ1) is 8.75. The quantitative estimate of drug-likeness (QED) is 0.885. The summed E-state index contributed by atoms with van der Waals surface area (Å²) in [6.07, 6.45) is 3.97. The average Bonchev–Trinajstić information content (AvgIpc) is 3.11. The standard InChI is InChI=1S/C15H20FNO/c1-10(12-4-2-3-5-13(12)16)17-14-8-9-18-15(14)11-6-7-11/h2-5,10-11,14-15,17H,6-9H2,1H3. The average molecular weight is 249 g/mol. The molecule has 0 amide bonds. The predicted octanol–water partition coefficient (Wildman–Crippen LogP) is 3.04. The van der Waals surface area contributed by atoms with Gasteiger partial charge in [-0.05, 0) is 38.2 Å². The van der Waals surface area contributed by atoms with Gasteiger partial charge >= 0.3 is 0 Å². The van der Waals surface area contributed by atoms with Crippen molar-refractivity contribution in [1.82, 2.24) is 5.32 Å². The molecular weight excluding hydrogens is 229 g/mol. The third kappa shape index (κ3) is 2.43. The molecule has 3 unspecified atom stereocenters. The molecule has 1 saturated heterocycles. The van der Waals surface area contributed by atoms with E-state index < -0.39 is 0 Å². The number of nitrogens with one attached hydrogen (secondary N) is 1. The van der Waals surface area contributed by atoms with Crippen LogP contribution in [-0.2, 0) is 4.74 Å². The molecule has 0 radical (unpaired) electrons. The van der Waals surface area contributed by atoms with Gasteiger partial charge in [-0.15, -0.1) is 0 Å². The number of rotatable bonds is 4. The third-order valence-corrected chi connectivity index (χ3v) is 4.06. The van der Waals surface area contributed by atoms with E-state index in [1.165, 1.54) is 18.9 Å². The second-order valence-corrected chi connectivity index (χ2v) is 5.48. The molecular formula is C15H20FNO. The minimum absolute atomic E-state index is 0.0409. The molecule has 0 bridgehead atoms. The molecule has 3 rings (SSSR count). The summed E-state index contributed by atoms with van der Waals surface area (Å²) in [7, 11) is 0. The highest BCUT2D eigenvalue weighted by Gasteiger charge is 2.40. The van der Waals surface area contributed by atoms with Gasteiger partial charge in [-0.1, -0.05) is 18.2 Å². The molecule has 1 aliphatic heterocycles. The van der Waals surface area contributed by atoms with E-state index in [4.69, 9.17) is 4.74 Å². The molecule has 0 spiro atoms. The van der Waals surface area contributed by atoms with Gasteiger partial charge in [0.15, 0.2) is 0 Å². The van der Waals surface area contributed by atoms with Crippen molar-refractivity contribution >= 4 is 0 Å². The molecule has 98 valence electrons. The fourth-order valence-corrected chi connectivity index (χ4v) is 2.92. The second-order valence-electron chi connectivity index (χ2n) is 5.48. The summed E-state index contributed by atoms with van der Waals surface area (Å²) in [4.78, 5) is 0. The molecule has 1 aromatic rings. The molecule has 2 fully saturated rings. The Bertz CT molecular complexity index is 419. The summed E-state index contributed by atoms with van der Waals surface area (Å²) in [5.74, 6) is 0.609. The van der Waals surface area contributed by atoms with Crippen LogP contribution in [0, 0.1) is 11.7 Å². The molecule has 2 aliphatic rings.